The molecule has 18 heavy (non-hydrogen) atoms. The fourth-order valence-corrected chi connectivity index (χ4v) is 1.72. The van der Waals surface area contributed by atoms with Gasteiger partial charge in [0.1, 0.15) is 12.0 Å². The fraction of sp³-hybridized carbons (Fsp3) is 0.0625. The van der Waals surface area contributed by atoms with Crippen LogP contribution in [0.2, 0.25) is 0 Å². The molecule has 90 valence electrons. The average Bonchev–Trinajstić information content (AvgIpc) is 2.46. The molecule has 0 radical (unpaired) electrons. The Kier molecular flexibility index (Phi) is 3.92. The molecule has 0 bridgehead atoms. The Balaban J connectivity index is 2.22. The van der Waals surface area contributed by atoms with Crippen LogP contribution in [-0.4, -0.2) is 13.4 Å². The van der Waals surface area contributed by atoms with E-state index in [-0.39, 0.29) is 0 Å². The van der Waals surface area contributed by atoms with Crippen LogP contribution in [0.5, 0.6) is 5.75 Å². The monoisotopic (exact) mass is 238 g/mol. The third kappa shape index (κ3) is 2.86. The number of rotatable bonds is 4. The van der Waals surface area contributed by atoms with Gasteiger partial charge in [0.2, 0.25) is 0 Å². The third-order valence-electron chi connectivity index (χ3n) is 2.70. The van der Waals surface area contributed by atoms with Gasteiger partial charge in [-0.05, 0) is 34.9 Å². The molecule has 0 aliphatic carbocycles. The van der Waals surface area contributed by atoms with E-state index in [1.54, 1.807) is 13.2 Å². The van der Waals surface area contributed by atoms with Gasteiger partial charge in [0.25, 0.3) is 0 Å². The topological polar surface area (TPSA) is 26.3 Å². The van der Waals surface area contributed by atoms with Crippen LogP contribution in [0.15, 0.2) is 54.6 Å². The van der Waals surface area contributed by atoms with Crippen molar-refractivity contribution >= 4 is 12.4 Å². The van der Waals surface area contributed by atoms with E-state index in [2.05, 4.69) is 0 Å². The molecule has 0 aliphatic heterocycles. The number of carbonyl (C=O) groups excluding carboxylic acids is 1. The summed E-state index contributed by atoms with van der Waals surface area (Å²) in [4.78, 5) is 10.2. The van der Waals surface area contributed by atoms with Crippen LogP contribution in [0.3, 0.4) is 0 Å². The van der Waals surface area contributed by atoms with E-state index < -0.39 is 0 Å². The van der Waals surface area contributed by atoms with E-state index in [1.807, 2.05) is 48.5 Å². The van der Waals surface area contributed by atoms with Gasteiger partial charge in [0, 0.05) is 0 Å². The van der Waals surface area contributed by atoms with Gasteiger partial charge >= 0.3 is 0 Å². The van der Waals surface area contributed by atoms with Gasteiger partial charge in [-0.3, -0.25) is 4.79 Å². The lowest BCUT2D eigenvalue weighted by Gasteiger charge is -2.04. The number of carbonyl (C=O) groups is 1. The average molecular weight is 238 g/mol. The van der Waals surface area contributed by atoms with Crippen LogP contribution in [0.25, 0.3) is 17.2 Å². The Morgan fingerprint density at radius 2 is 1.44 bits per heavy atom. The normalized spacial score (nSPS) is 10.5. The zero-order valence-electron chi connectivity index (χ0n) is 10.2. The van der Waals surface area contributed by atoms with Gasteiger partial charge in [-0.1, -0.05) is 42.5 Å². The van der Waals surface area contributed by atoms with E-state index in [4.69, 9.17) is 4.74 Å². The second kappa shape index (κ2) is 5.82. The molecular weight excluding hydrogens is 224 g/mol. The SMILES string of the molecule is COc1ccc(-c2ccc(/C=C/C=O)cc2)cc1. The lowest BCUT2D eigenvalue weighted by molar-refractivity contribution is -0.104. The first-order valence-electron chi connectivity index (χ1n) is 5.70. The van der Waals surface area contributed by atoms with Crippen LogP contribution < -0.4 is 4.74 Å². The van der Waals surface area contributed by atoms with E-state index in [9.17, 15) is 4.79 Å². The number of hydrogen-bond donors (Lipinski definition) is 0. The first kappa shape index (κ1) is 12.1. The van der Waals surface area contributed by atoms with Crippen molar-refractivity contribution in [2.24, 2.45) is 0 Å². The van der Waals surface area contributed by atoms with Crippen molar-refractivity contribution in [3.63, 3.8) is 0 Å². The summed E-state index contributed by atoms with van der Waals surface area (Å²) in [5.41, 5.74) is 3.29. The van der Waals surface area contributed by atoms with Gasteiger partial charge in [0.05, 0.1) is 7.11 Å². The molecule has 2 heteroatoms. The van der Waals surface area contributed by atoms with Gasteiger partial charge in [-0.15, -0.1) is 0 Å². The molecule has 2 nitrogen and oxygen atoms in total. The predicted molar refractivity (Wildman–Crippen MR) is 73.5 cm³/mol. The van der Waals surface area contributed by atoms with Crippen molar-refractivity contribution in [1.29, 1.82) is 0 Å². The highest BCUT2D eigenvalue weighted by Gasteiger charge is 1.97. The van der Waals surface area contributed by atoms with E-state index in [1.165, 1.54) is 6.08 Å². The Morgan fingerprint density at radius 3 is 1.94 bits per heavy atom. The molecule has 0 heterocycles. The van der Waals surface area contributed by atoms with Crippen LogP contribution in [-0.2, 0) is 4.79 Å². The van der Waals surface area contributed by atoms with Crippen molar-refractivity contribution < 1.29 is 9.53 Å². The molecule has 0 fully saturated rings. The third-order valence-corrected chi connectivity index (χ3v) is 2.70. The standard InChI is InChI=1S/C16H14O2/c1-18-16-10-8-15(9-11-16)14-6-4-13(5-7-14)3-2-12-17/h2-12H,1H3/b3-2+. The summed E-state index contributed by atoms with van der Waals surface area (Å²) in [7, 11) is 1.66. The van der Waals surface area contributed by atoms with Gasteiger partial charge in [-0.25, -0.2) is 0 Å². The summed E-state index contributed by atoms with van der Waals surface area (Å²) in [6.07, 6.45) is 4.05. The summed E-state index contributed by atoms with van der Waals surface area (Å²) in [5, 5.41) is 0. The fourth-order valence-electron chi connectivity index (χ4n) is 1.72. The predicted octanol–water partition coefficient (Wildman–Crippen LogP) is 3.57. The Morgan fingerprint density at radius 1 is 0.889 bits per heavy atom. The first-order chi connectivity index (χ1) is 8.83. The molecule has 0 amide bonds. The molecule has 0 saturated heterocycles. The molecule has 2 aromatic rings. The first-order valence-corrected chi connectivity index (χ1v) is 5.70. The lowest BCUT2D eigenvalue weighted by atomic mass is 10.0. The molecule has 2 rings (SSSR count). The van der Waals surface area contributed by atoms with Crippen LogP contribution >= 0.6 is 0 Å². The van der Waals surface area contributed by atoms with Crippen LogP contribution in [0, 0.1) is 0 Å². The second-order valence-electron chi connectivity index (χ2n) is 3.85. The van der Waals surface area contributed by atoms with E-state index >= 15 is 0 Å². The van der Waals surface area contributed by atoms with Gasteiger partial charge in [0.15, 0.2) is 0 Å². The summed E-state index contributed by atoms with van der Waals surface area (Å²) < 4.78 is 5.13. The molecule has 0 saturated carbocycles. The minimum absolute atomic E-state index is 0.775. The quantitative estimate of drug-likeness (QED) is 0.601. The number of aldehydes is 1. The molecule has 0 N–H and O–H groups in total. The smallest absolute Gasteiger partial charge is 0.142 e. The maximum Gasteiger partial charge on any atom is 0.142 e. The summed E-state index contributed by atoms with van der Waals surface area (Å²) in [5.74, 6) is 0.851. The van der Waals surface area contributed by atoms with Gasteiger partial charge in [-0.2, -0.15) is 0 Å². The van der Waals surface area contributed by atoms with Crippen LogP contribution in [0.4, 0.5) is 0 Å². The lowest BCUT2D eigenvalue weighted by Crippen LogP contribution is -1.83. The van der Waals surface area contributed by atoms with E-state index in [0.717, 1.165) is 28.7 Å². The number of ether oxygens (including phenoxy) is 1. The number of hydrogen-bond acceptors (Lipinski definition) is 2. The molecule has 0 aromatic heterocycles. The van der Waals surface area contributed by atoms with Crippen molar-refractivity contribution in [2.45, 2.75) is 0 Å². The van der Waals surface area contributed by atoms with Crippen LogP contribution in [0.1, 0.15) is 5.56 Å². The summed E-state index contributed by atoms with van der Waals surface area (Å²) >= 11 is 0. The number of allylic oxidation sites excluding steroid dienone is 1. The van der Waals surface area contributed by atoms with Crippen molar-refractivity contribution in [3.8, 4) is 16.9 Å². The Labute approximate surface area is 107 Å². The molecule has 2 aromatic carbocycles. The second-order valence-corrected chi connectivity index (χ2v) is 3.85. The minimum atomic E-state index is 0.775. The maximum atomic E-state index is 10.2. The molecule has 0 spiro atoms. The van der Waals surface area contributed by atoms with Crippen molar-refractivity contribution in [3.05, 3.63) is 60.2 Å². The Bertz CT molecular complexity index is 536. The zero-order valence-corrected chi connectivity index (χ0v) is 10.2. The maximum absolute atomic E-state index is 10.2. The van der Waals surface area contributed by atoms with Gasteiger partial charge < -0.3 is 4.74 Å². The molecular formula is C16H14O2. The van der Waals surface area contributed by atoms with Crippen molar-refractivity contribution in [1.82, 2.24) is 0 Å². The largest absolute Gasteiger partial charge is 0.497 e. The number of methoxy groups -OCH3 is 1. The van der Waals surface area contributed by atoms with Crippen molar-refractivity contribution in [2.75, 3.05) is 7.11 Å². The highest BCUT2D eigenvalue weighted by molar-refractivity contribution is 5.74. The number of benzene rings is 2. The minimum Gasteiger partial charge on any atom is -0.497 e. The molecule has 0 unspecified atom stereocenters. The summed E-state index contributed by atoms with van der Waals surface area (Å²) in [6.45, 7) is 0. The summed E-state index contributed by atoms with van der Waals surface area (Å²) in [6, 6.07) is 16.0. The highest BCUT2D eigenvalue weighted by atomic mass is 16.5. The Hall–Kier alpha value is -2.35. The molecule has 0 atom stereocenters. The molecule has 0 aliphatic rings. The highest BCUT2D eigenvalue weighted by Crippen LogP contribution is 2.22. The zero-order chi connectivity index (χ0) is 12.8. The van der Waals surface area contributed by atoms with E-state index in [0.29, 0.717) is 0 Å².